The summed E-state index contributed by atoms with van der Waals surface area (Å²) in [5.74, 6) is -0.619. The number of hydrogen-bond donors (Lipinski definition) is 2. The molecular formula is C17H23NO4. The van der Waals surface area contributed by atoms with Gasteiger partial charge in [-0.1, -0.05) is 62.4 Å². The number of amides is 1. The molecule has 1 saturated carbocycles. The van der Waals surface area contributed by atoms with Crippen molar-refractivity contribution in [3.8, 4) is 0 Å². The SMILES string of the molecule is O=C(N[C@H](CC1CCCCC1)C(=O)O)OCc1ccccc1. The second kappa shape index (κ2) is 8.41. The molecule has 2 N–H and O–H groups in total. The van der Waals surface area contributed by atoms with Gasteiger partial charge in [0.1, 0.15) is 12.6 Å². The molecule has 0 unspecified atom stereocenters. The van der Waals surface area contributed by atoms with E-state index in [9.17, 15) is 14.7 Å². The van der Waals surface area contributed by atoms with E-state index in [1.54, 1.807) is 0 Å². The van der Waals surface area contributed by atoms with Crippen LogP contribution in [0.2, 0.25) is 0 Å². The van der Waals surface area contributed by atoms with Gasteiger partial charge in [0.05, 0.1) is 0 Å². The van der Waals surface area contributed by atoms with Gasteiger partial charge in [0.15, 0.2) is 0 Å². The molecule has 120 valence electrons. The molecule has 0 radical (unpaired) electrons. The summed E-state index contributed by atoms with van der Waals surface area (Å²) in [7, 11) is 0. The van der Waals surface area contributed by atoms with Crippen molar-refractivity contribution >= 4 is 12.1 Å². The van der Waals surface area contributed by atoms with Crippen molar-refractivity contribution in [1.29, 1.82) is 0 Å². The maximum Gasteiger partial charge on any atom is 0.408 e. The molecule has 5 heteroatoms. The predicted octanol–water partition coefficient (Wildman–Crippen LogP) is 3.34. The molecule has 1 aromatic rings. The molecule has 1 aliphatic carbocycles. The van der Waals surface area contributed by atoms with Gasteiger partial charge >= 0.3 is 12.1 Å². The van der Waals surface area contributed by atoms with Crippen LogP contribution in [0.4, 0.5) is 4.79 Å². The quantitative estimate of drug-likeness (QED) is 0.845. The highest BCUT2D eigenvalue weighted by Gasteiger charge is 2.25. The van der Waals surface area contributed by atoms with Crippen molar-refractivity contribution in [3.05, 3.63) is 35.9 Å². The molecule has 1 atom stereocenters. The molecule has 22 heavy (non-hydrogen) atoms. The van der Waals surface area contributed by atoms with Crippen LogP contribution < -0.4 is 5.32 Å². The Hall–Kier alpha value is -2.04. The second-order valence-electron chi connectivity index (χ2n) is 5.84. The largest absolute Gasteiger partial charge is 0.480 e. The number of benzene rings is 1. The third kappa shape index (κ3) is 5.39. The van der Waals surface area contributed by atoms with Gasteiger partial charge < -0.3 is 15.2 Å². The number of carboxylic acids is 1. The Morgan fingerprint density at radius 2 is 1.86 bits per heavy atom. The molecule has 0 aromatic heterocycles. The molecule has 0 saturated heterocycles. The fourth-order valence-electron chi connectivity index (χ4n) is 2.88. The minimum absolute atomic E-state index is 0.141. The first-order valence-corrected chi connectivity index (χ1v) is 7.85. The molecule has 5 nitrogen and oxygen atoms in total. The van der Waals surface area contributed by atoms with Crippen LogP contribution in [-0.4, -0.2) is 23.2 Å². The molecular weight excluding hydrogens is 282 g/mol. The maximum atomic E-state index is 11.8. The number of carbonyl (C=O) groups is 2. The maximum absolute atomic E-state index is 11.8. The summed E-state index contributed by atoms with van der Waals surface area (Å²) >= 11 is 0. The topological polar surface area (TPSA) is 75.6 Å². The smallest absolute Gasteiger partial charge is 0.408 e. The summed E-state index contributed by atoms with van der Waals surface area (Å²) in [5, 5.41) is 11.7. The molecule has 0 aliphatic heterocycles. The zero-order valence-electron chi connectivity index (χ0n) is 12.7. The molecule has 2 rings (SSSR count). The molecule has 0 bridgehead atoms. The number of hydrogen-bond acceptors (Lipinski definition) is 3. The number of aliphatic carboxylic acids is 1. The van der Waals surface area contributed by atoms with Crippen LogP contribution in [0, 0.1) is 5.92 Å². The summed E-state index contributed by atoms with van der Waals surface area (Å²) in [4.78, 5) is 23.1. The lowest BCUT2D eigenvalue weighted by Crippen LogP contribution is -2.42. The van der Waals surface area contributed by atoms with Gasteiger partial charge in [-0.3, -0.25) is 0 Å². The van der Waals surface area contributed by atoms with Gasteiger partial charge in [-0.15, -0.1) is 0 Å². The standard InChI is InChI=1S/C17H23NO4/c19-16(20)15(11-13-7-3-1-4-8-13)18-17(21)22-12-14-9-5-2-6-10-14/h2,5-6,9-10,13,15H,1,3-4,7-8,11-12H2,(H,18,21)(H,19,20)/t15-/m1/s1. The summed E-state index contributed by atoms with van der Waals surface area (Å²) in [5.41, 5.74) is 0.872. The highest BCUT2D eigenvalue weighted by molar-refractivity contribution is 5.79. The van der Waals surface area contributed by atoms with Crippen LogP contribution in [0.3, 0.4) is 0 Å². The Balaban J connectivity index is 1.79. The van der Waals surface area contributed by atoms with Crippen molar-refractivity contribution in [1.82, 2.24) is 5.32 Å². The van der Waals surface area contributed by atoms with Crippen LogP contribution in [0.5, 0.6) is 0 Å². The van der Waals surface area contributed by atoms with E-state index in [4.69, 9.17) is 4.74 Å². The van der Waals surface area contributed by atoms with Gasteiger partial charge in [-0.05, 0) is 17.9 Å². The van der Waals surface area contributed by atoms with E-state index < -0.39 is 18.1 Å². The average molecular weight is 305 g/mol. The van der Waals surface area contributed by atoms with Gasteiger partial charge in [0, 0.05) is 0 Å². The Morgan fingerprint density at radius 3 is 2.50 bits per heavy atom. The number of alkyl carbamates (subject to hydrolysis) is 1. The van der Waals surface area contributed by atoms with Crippen molar-refractivity contribution in [3.63, 3.8) is 0 Å². The monoisotopic (exact) mass is 305 g/mol. The summed E-state index contributed by atoms with van der Waals surface area (Å²) in [6.45, 7) is 0.141. The number of carbonyl (C=O) groups excluding carboxylic acids is 1. The Morgan fingerprint density at radius 1 is 1.18 bits per heavy atom. The molecule has 1 aliphatic rings. The van der Waals surface area contributed by atoms with Crippen LogP contribution in [0.1, 0.15) is 44.1 Å². The lowest BCUT2D eigenvalue weighted by molar-refractivity contribution is -0.139. The van der Waals surface area contributed by atoms with Crippen LogP contribution in [0.15, 0.2) is 30.3 Å². The second-order valence-corrected chi connectivity index (χ2v) is 5.84. The van der Waals surface area contributed by atoms with Crippen LogP contribution in [0.25, 0.3) is 0 Å². The van der Waals surface area contributed by atoms with Gasteiger partial charge in [-0.25, -0.2) is 9.59 Å². The first-order valence-electron chi connectivity index (χ1n) is 7.85. The summed E-state index contributed by atoms with van der Waals surface area (Å²) < 4.78 is 5.08. The fraction of sp³-hybridized carbons (Fsp3) is 0.529. The fourth-order valence-corrected chi connectivity index (χ4v) is 2.88. The zero-order valence-corrected chi connectivity index (χ0v) is 12.7. The van der Waals surface area contributed by atoms with Crippen LogP contribution in [-0.2, 0) is 16.1 Å². The first-order chi connectivity index (χ1) is 10.6. The predicted molar refractivity (Wildman–Crippen MR) is 82.4 cm³/mol. The third-order valence-electron chi connectivity index (χ3n) is 4.10. The summed E-state index contributed by atoms with van der Waals surface area (Å²) in [6.07, 6.45) is 5.42. The third-order valence-corrected chi connectivity index (χ3v) is 4.10. The molecule has 0 spiro atoms. The van der Waals surface area contributed by atoms with Crippen molar-refractivity contribution in [2.24, 2.45) is 5.92 Å². The lowest BCUT2D eigenvalue weighted by atomic mass is 9.85. The van der Waals surface area contributed by atoms with E-state index in [1.807, 2.05) is 30.3 Å². The molecule has 0 heterocycles. The summed E-state index contributed by atoms with van der Waals surface area (Å²) in [6, 6.07) is 8.44. The average Bonchev–Trinajstić information content (AvgIpc) is 2.54. The van der Waals surface area contributed by atoms with Crippen molar-refractivity contribution in [2.75, 3.05) is 0 Å². The van der Waals surface area contributed by atoms with Crippen molar-refractivity contribution in [2.45, 2.75) is 51.2 Å². The van der Waals surface area contributed by atoms with E-state index in [-0.39, 0.29) is 6.61 Å². The first kappa shape index (κ1) is 16.3. The highest BCUT2D eigenvalue weighted by Crippen LogP contribution is 2.27. The van der Waals surface area contributed by atoms with Gasteiger partial charge in [0.2, 0.25) is 0 Å². The molecule has 1 aromatic carbocycles. The minimum Gasteiger partial charge on any atom is -0.480 e. The Labute approximate surface area is 130 Å². The number of nitrogens with one attached hydrogen (secondary N) is 1. The van der Waals surface area contributed by atoms with E-state index in [1.165, 1.54) is 6.42 Å². The number of rotatable bonds is 6. The Kier molecular flexibility index (Phi) is 6.25. The van der Waals surface area contributed by atoms with Crippen molar-refractivity contribution < 1.29 is 19.4 Å². The van der Waals surface area contributed by atoms with E-state index >= 15 is 0 Å². The van der Waals surface area contributed by atoms with Gasteiger partial charge in [0.25, 0.3) is 0 Å². The zero-order chi connectivity index (χ0) is 15.8. The van der Waals surface area contributed by atoms with E-state index in [0.717, 1.165) is 31.2 Å². The van der Waals surface area contributed by atoms with E-state index in [2.05, 4.69) is 5.32 Å². The number of ether oxygens (including phenoxy) is 1. The normalized spacial score (nSPS) is 16.7. The van der Waals surface area contributed by atoms with Crippen LogP contribution >= 0.6 is 0 Å². The highest BCUT2D eigenvalue weighted by atomic mass is 16.5. The minimum atomic E-state index is -0.998. The lowest BCUT2D eigenvalue weighted by Gasteiger charge is -2.24. The molecule has 1 fully saturated rings. The molecule has 1 amide bonds. The van der Waals surface area contributed by atoms with E-state index in [0.29, 0.717) is 12.3 Å². The number of carboxylic acid groups (broad SMARTS) is 1. The van der Waals surface area contributed by atoms with Gasteiger partial charge in [-0.2, -0.15) is 0 Å². The Bertz CT molecular complexity index is 483.